The SMILES string of the molecule is C=C/C(Cl)=C\C(Cl)=C\OCCCC(=O)Nc1ccccc1. The van der Waals surface area contributed by atoms with Gasteiger partial charge in [-0.25, -0.2) is 0 Å². The topological polar surface area (TPSA) is 38.3 Å². The van der Waals surface area contributed by atoms with Crippen molar-refractivity contribution in [2.24, 2.45) is 0 Å². The van der Waals surface area contributed by atoms with E-state index in [1.807, 2.05) is 30.3 Å². The predicted octanol–water partition coefficient (Wildman–Crippen LogP) is 4.81. The number of carbonyl (C=O) groups excluding carboxylic acids is 1. The first-order valence-electron chi connectivity index (χ1n) is 6.43. The Morgan fingerprint density at radius 3 is 2.62 bits per heavy atom. The van der Waals surface area contributed by atoms with E-state index >= 15 is 0 Å². The van der Waals surface area contributed by atoms with E-state index in [1.165, 1.54) is 18.4 Å². The normalized spacial score (nSPS) is 11.9. The van der Waals surface area contributed by atoms with Crippen molar-refractivity contribution in [1.82, 2.24) is 0 Å². The van der Waals surface area contributed by atoms with Crippen molar-refractivity contribution >= 4 is 34.8 Å². The molecule has 0 bridgehead atoms. The molecule has 0 saturated carbocycles. The molecule has 1 aromatic carbocycles. The number of para-hydroxylation sites is 1. The van der Waals surface area contributed by atoms with Gasteiger partial charge in [-0.3, -0.25) is 4.79 Å². The van der Waals surface area contributed by atoms with E-state index in [0.29, 0.717) is 29.5 Å². The molecule has 0 radical (unpaired) electrons. The van der Waals surface area contributed by atoms with Gasteiger partial charge in [0.15, 0.2) is 0 Å². The molecule has 0 fully saturated rings. The van der Waals surface area contributed by atoms with Crippen LogP contribution in [0.3, 0.4) is 0 Å². The number of hydrogen-bond donors (Lipinski definition) is 1. The molecular weight excluding hydrogens is 309 g/mol. The van der Waals surface area contributed by atoms with Crippen molar-refractivity contribution in [2.75, 3.05) is 11.9 Å². The number of hydrogen-bond acceptors (Lipinski definition) is 2. The van der Waals surface area contributed by atoms with Gasteiger partial charge >= 0.3 is 0 Å². The Bertz CT molecular complexity index is 524. The number of rotatable bonds is 8. The van der Waals surface area contributed by atoms with Crippen LogP contribution in [0.5, 0.6) is 0 Å². The third-order valence-electron chi connectivity index (χ3n) is 2.39. The second kappa shape index (κ2) is 10.1. The molecule has 0 aliphatic rings. The molecule has 0 unspecified atom stereocenters. The van der Waals surface area contributed by atoms with Crippen LogP contribution in [0.1, 0.15) is 12.8 Å². The van der Waals surface area contributed by atoms with Gasteiger partial charge in [0.1, 0.15) is 6.26 Å². The molecule has 0 atom stereocenters. The van der Waals surface area contributed by atoms with Crippen LogP contribution in [-0.2, 0) is 9.53 Å². The largest absolute Gasteiger partial charge is 0.500 e. The molecule has 1 aromatic rings. The van der Waals surface area contributed by atoms with Crippen LogP contribution in [0.4, 0.5) is 5.69 Å². The number of nitrogens with one attached hydrogen (secondary N) is 1. The van der Waals surface area contributed by atoms with Crippen LogP contribution in [0.2, 0.25) is 0 Å². The molecule has 1 rings (SSSR count). The fraction of sp³-hybridized carbons (Fsp3) is 0.188. The first kappa shape index (κ1) is 17.3. The van der Waals surface area contributed by atoms with Crippen molar-refractivity contribution in [3.05, 3.63) is 65.4 Å². The summed E-state index contributed by atoms with van der Waals surface area (Å²) in [6, 6.07) is 9.31. The maximum Gasteiger partial charge on any atom is 0.224 e. The summed E-state index contributed by atoms with van der Waals surface area (Å²) in [5.74, 6) is -0.0468. The van der Waals surface area contributed by atoms with Crippen molar-refractivity contribution < 1.29 is 9.53 Å². The number of halogens is 2. The summed E-state index contributed by atoms with van der Waals surface area (Å²) in [4.78, 5) is 11.6. The van der Waals surface area contributed by atoms with Gasteiger partial charge in [-0.2, -0.15) is 0 Å². The lowest BCUT2D eigenvalue weighted by Gasteiger charge is -2.05. The van der Waals surface area contributed by atoms with Crippen LogP contribution in [0.25, 0.3) is 0 Å². The summed E-state index contributed by atoms with van der Waals surface area (Å²) in [6.07, 6.45) is 5.37. The summed E-state index contributed by atoms with van der Waals surface area (Å²) >= 11 is 11.6. The second-order valence-electron chi connectivity index (χ2n) is 4.12. The van der Waals surface area contributed by atoms with Crippen molar-refractivity contribution in [1.29, 1.82) is 0 Å². The van der Waals surface area contributed by atoms with Crippen molar-refractivity contribution in [3.63, 3.8) is 0 Å². The summed E-state index contributed by atoms with van der Waals surface area (Å²) < 4.78 is 5.23. The van der Waals surface area contributed by atoms with Crippen molar-refractivity contribution in [3.8, 4) is 0 Å². The highest BCUT2D eigenvalue weighted by Crippen LogP contribution is 2.11. The molecule has 0 aromatic heterocycles. The van der Waals surface area contributed by atoms with Crippen LogP contribution in [-0.4, -0.2) is 12.5 Å². The quantitative estimate of drug-likeness (QED) is 0.423. The minimum absolute atomic E-state index is 0.0468. The molecule has 0 saturated heterocycles. The van der Waals surface area contributed by atoms with Gasteiger partial charge < -0.3 is 10.1 Å². The average molecular weight is 326 g/mol. The molecule has 21 heavy (non-hydrogen) atoms. The summed E-state index contributed by atoms with van der Waals surface area (Å²) in [5.41, 5.74) is 0.788. The molecule has 0 heterocycles. The molecule has 5 heteroatoms. The van der Waals surface area contributed by atoms with Crippen LogP contribution >= 0.6 is 23.2 Å². The monoisotopic (exact) mass is 325 g/mol. The van der Waals surface area contributed by atoms with Crippen LogP contribution < -0.4 is 5.32 Å². The predicted molar refractivity (Wildman–Crippen MR) is 88.3 cm³/mol. The number of carbonyl (C=O) groups is 1. The number of allylic oxidation sites excluding steroid dienone is 4. The van der Waals surface area contributed by atoms with E-state index < -0.39 is 0 Å². The van der Waals surface area contributed by atoms with Crippen molar-refractivity contribution in [2.45, 2.75) is 12.8 Å². The van der Waals surface area contributed by atoms with Gasteiger partial charge in [-0.1, -0.05) is 54.1 Å². The van der Waals surface area contributed by atoms with E-state index in [0.717, 1.165) is 5.69 Å². The smallest absolute Gasteiger partial charge is 0.224 e. The number of benzene rings is 1. The number of ether oxygens (including phenoxy) is 1. The molecule has 1 N–H and O–H groups in total. The van der Waals surface area contributed by atoms with Gasteiger partial charge in [0.25, 0.3) is 0 Å². The van der Waals surface area contributed by atoms with E-state index in [1.54, 1.807) is 0 Å². The number of anilines is 1. The number of amides is 1. The Morgan fingerprint density at radius 2 is 1.95 bits per heavy atom. The molecular formula is C16H17Cl2NO2. The first-order chi connectivity index (χ1) is 10.1. The lowest BCUT2D eigenvalue weighted by atomic mass is 10.3. The van der Waals surface area contributed by atoms with Gasteiger partial charge in [0, 0.05) is 17.1 Å². The van der Waals surface area contributed by atoms with Crippen LogP contribution in [0.15, 0.2) is 65.4 Å². The third-order valence-corrected chi connectivity index (χ3v) is 2.85. The summed E-state index contributed by atoms with van der Waals surface area (Å²) in [6.45, 7) is 3.91. The Hall–Kier alpha value is -1.71. The lowest BCUT2D eigenvalue weighted by molar-refractivity contribution is -0.116. The molecule has 1 amide bonds. The maximum atomic E-state index is 11.6. The molecule has 0 aliphatic heterocycles. The third kappa shape index (κ3) is 8.23. The van der Waals surface area contributed by atoms with Gasteiger partial charge in [0.2, 0.25) is 5.91 Å². The van der Waals surface area contributed by atoms with Crippen LogP contribution in [0, 0.1) is 0 Å². The summed E-state index contributed by atoms with van der Waals surface area (Å²) in [7, 11) is 0. The zero-order chi connectivity index (χ0) is 15.5. The molecule has 3 nitrogen and oxygen atoms in total. The lowest BCUT2D eigenvalue weighted by Crippen LogP contribution is -2.11. The Labute approximate surface area is 134 Å². The fourth-order valence-electron chi connectivity index (χ4n) is 1.42. The van der Waals surface area contributed by atoms with Gasteiger partial charge in [-0.15, -0.1) is 0 Å². The molecule has 0 aliphatic carbocycles. The van der Waals surface area contributed by atoms with Gasteiger partial charge in [0.05, 0.1) is 11.6 Å². The Morgan fingerprint density at radius 1 is 1.24 bits per heavy atom. The first-order valence-corrected chi connectivity index (χ1v) is 7.19. The zero-order valence-corrected chi connectivity index (χ0v) is 13.0. The zero-order valence-electron chi connectivity index (χ0n) is 11.5. The standard InChI is InChI=1S/C16H17Cl2NO2/c1-2-13(17)11-14(18)12-21-10-6-9-16(20)19-15-7-4-3-5-8-15/h2-5,7-8,11-12H,1,6,9-10H2,(H,19,20)/b13-11+,14-12-. The Balaban J connectivity index is 2.21. The highest BCUT2D eigenvalue weighted by molar-refractivity contribution is 6.35. The molecule has 112 valence electrons. The van der Waals surface area contributed by atoms with E-state index in [9.17, 15) is 4.79 Å². The maximum absolute atomic E-state index is 11.6. The minimum Gasteiger partial charge on any atom is -0.500 e. The van der Waals surface area contributed by atoms with E-state index in [-0.39, 0.29) is 5.91 Å². The second-order valence-corrected chi connectivity index (χ2v) is 5.00. The Kier molecular flexibility index (Phi) is 8.32. The highest BCUT2D eigenvalue weighted by Gasteiger charge is 2.01. The average Bonchev–Trinajstić information content (AvgIpc) is 2.47. The molecule has 0 spiro atoms. The van der Waals surface area contributed by atoms with E-state index in [4.69, 9.17) is 27.9 Å². The van der Waals surface area contributed by atoms with Gasteiger partial charge in [-0.05, 0) is 24.6 Å². The van der Waals surface area contributed by atoms with E-state index in [2.05, 4.69) is 11.9 Å². The highest BCUT2D eigenvalue weighted by atomic mass is 35.5. The minimum atomic E-state index is -0.0468. The fourth-order valence-corrected chi connectivity index (χ4v) is 1.78. The summed E-state index contributed by atoms with van der Waals surface area (Å²) in [5, 5.41) is 3.60.